The van der Waals surface area contributed by atoms with E-state index in [0.29, 0.717) is 16.7 Å². The molecule has 0 atom stereocenters. The van der Waals surface area contributed by atoms with Gasteiger partial charge in [-0.15, -0.1) is 0 Å². The summed E-state index contributed by atoms with van der Waals surface area (Å²) in [5, 5.41) is 0. The van der Waals surface area contributed by atoms with Crippen molar-refractivity contribution < 1.29 is 14.4 Å². The average molecular weight is 232 g/mol. The lowest BCUT2D eigenvalue weighted by atomic mass is 9.95. The fourth-order valence-corrected chi connectivity index (χ4v) is 1.51. The Hall–Kier alpha value is -1.77. The monoisotopic (exact) mass is 232 g/mol. The van der Waals surface area contributed by atoms with Crippen molar-refractivity contribution in [3.05, 3.63) is 34.9 Å². The molecular formula is C14H16O3. The minimum Gasteiger partial charge on any atom is -0.295 e. The Morgan fingerprint density at radius 2 is 1.18 bits per heavy atom. The number of hydrogen-bond donors (Lipinski definition) is 0. The van der Waals surface area contributed by atoms with Crippen LogP contribution in [0.25, 0.3) is 0 Å². The highest BCUT2D eigenvalue weighted by atomic mass is 16.1. The minimum atomic E-state index is -0.156. The van der Waals surface area contributed by atoms with E-state index in [9.17, 15) is 14.4 Å². The predicted molar refractivity (Wildman–Crippen MR) is 65.6 cm³/mol. The molecule has 0 bridgehead atoms. The van der Waals surface area contributed by atoms with Gasteiger partial charge in [0.2, 0.25) is 0 Å². The number of benzene rings is 1. The Bertz CT molecular complexity index is 452. The number of carbonyl (C=O) groups is 3. The summed E-state index contributed by atoms with van der Waals surface area (Å²) in [4.78, 5) is 34.6. The van der Waals surface area contributed by atoms with Crippen molar-refractivity contribution in [3.63, 3.8) is 0 Å². The molecule has 1 aromatic carbocycles. The minimum absolute atomic E-state index is 0.0596. The zero-order chi connectivity index (χ0) is 13.2. The topological polar surface area (TPSA) is 51.2 Å². The fourth-order valence-electron chi connectivity index (χ4n) is 1.51. The lowest BCUT2D eigenvalue weighted by Gasteiger charge is -2.08. The van der Waals surface area contributed by atoms with Crippen LogP contribution in [0, 0.1) is 5.92 Å². The van der Waals surface area contributed by atoms with Crippen molar-refractivity contribution in [2.45, 2.75) is 27.7 Å². The smallest absolute Gasteiger partial charge is 0.165 e. The van der Waals surface area contributed by atoms with Gasteiger partial charge in [-0.3, -0.25) is 14.4 Å². The zero-order valence-electron chi connectivity index (χ0n) is 10.5. The average Bonchev–Trinajstić information content (AvgIpc) is 2.27. The first kappa shape index (κ1) is 13.3. The Kier molecular flexibility index (Phi) is 3.94. The van der Waals surface area contributed by atoms with Crippen LogP contribution in [-0.2, 0) is 0 Å². The summed E-state index contributed by atoms with van der Waals surface area (Å²) in [5.41, 5.74) is 1.24. The van der Waals surface area contributed by atoms with Crippen molar-refractivity contribution in [1.29, 1.82) is 0 Å². The van der Waals surface area contributed by atoms with Gasteiger partial charge in [0.05, 0.1) is 0 Å². The third-order valence-electron chi connectivity index (χ3n) is 2.55. The van der Waals surface area contributed by atoms with E-state index >= 15 is 0 Å². The summed E-state index contributed by atoms with van der Waals surface area (Å²) in [6.07, 6.45) is 0. The third-order valence-corrected chi connectivity index (χ3v) is 2.55. The lowest BCUT2D eigenvalue weighted by molar-refractivity contribution is 0.0939. The molecule has 0 saturated carbocycles. The van der Waals surface area contributed by atoms with Crippen LogP contribution >= 0.6 is 0 Å². The molecule has 1 aromatic rings. The second-order valence-corrected chi connectivity index (χ2v) is 4.43. The highest BCUT2D eigenvalue weighted by Gasteiger charge is 2.15. The summed E-state index contributed by atoms with van der Waals surface area (Å²) >= 11 is 0. The van der Waals surface area contributed by atoms with E-state index in [0.717, 1.165) is 0 Å². The van der Waals surface area contributed by atoms with Crippen molar-refractivity contribution in [2.75, 3.05) is 0 Å². The maximum atomic E-state index is 11.9. The van der Waals surface area contributed by atoms with E-state index in [-0.39, 0.29) is 23.3 Å². The molecule has 0 saturated heterocycles. The predicted octanol–water partition coefficient (Wildman–Crippen LogP) is 2.93. The Balaban J connectivity index is 3.36. The van der Waals surface area contributed by atoms with Gasteiger partial charge >= 0.3 is 0 Å². The molecule has 0 spiro atoms. The van der Waals surface area contributed by atoms with E-state index in [4.69, 9.17) is 0 Å². The first-order chi connectivity index (χ1) is 7.82. The SMILES string of the molecule is CC(=O)c1cc(C(C)=O)cc(C(=O)C(C)C)c1. The van der Waals surface area contributed by atoms with Crippen molar-refractivity contribution in [2.24, 2.45) is 5.92 Å². The molecule has 0 aliphatic carbocycles. The number of carbonyl (C=O) groups excluding carboxylic acids is 3. The van der Waals surface area contributed by atoms with Gasteiger partial charge in [0.15, 0.2) is 17.3 Å². The molecule has 0 N–H and O–H groups in total. The van der Waals surface area contributed by atoms with Crippen molar-refractivity contribution >= 4 is 17.3 Å². The molecular weight excluding hydrogens is 216 g/mol. The molecule has 0 aliphatic heterocycles. The van der Waals surface area contributed by atoms with Gasteiger partial charge in [0, 0.05) is 22.6 Å². The van der Waals surface area contributed by atoms with E-state index < -0.39 is 0 Å². The number of ketones is 3. The summed E-state index contributed by atoms with van der Waals surface area (Å²) in [6, 6.07) is 4.63. The standard InChI is InChI=1S/C14H16O3/c1-8(2)14(17)13-6-11(9(3)15)5-12(7-13)10(4)16/h5-8H,1-4H3. The molecule has 0 unspecified atom stereocenters. The Morgan fingerprint density at radius 3 is 1.47 bits per heavy atom. The summed E-state index contributed by atoms with van der Waals surface area (Å²) in [5.74, 6) is -0.510. The zero-order valence-corrected chi connectivity index (χ0v) is 10.5. The maximum Gasteiger partial charge on any atom is 0.165 e. The third kappa shape index (κ3) is 3.09. The van der Waals surface area contributed by atoms with Crippen LogP contribution in [0.15, 0.2) is 18.2 Å². The van der Waals surface area contributed by atoms with Gasteiger partial charge in [-0.25, -0.2) is 0 Å². The van der Waals surface area contributed by atoms with Gasteiger partial charge < -0.3 is 0 Å². The molecule has 17 heavy (non-hydrogen) atoms. The maximum absolute atomic E-state index is 11.9. The first-order valence-electron chi connectivity index (χ1n) is 5.54. The number of rotatable bonds is 4. The molecule has 1 rings (SSSR count). The molecule has 90 valence electrons. The van der Waals surface area contributed by atoms with Gasteiger partial charge in [-0.1, -0.05) is 13.8 Å². The fraction of sp³-hybridized carbons (Fsp3) is 0.357. The molecule has 0 aliphatic rings. The molecule has 0 aromatic heterocycles. The first-order valence-corrected chi connectivity index (χ1v) is 5.54. The van der Waals surface area contributed by atoms with Crippen molar-refractivity contribution in [3.8, 4) is 0 Å². The molecule has 0 radical (unpaired) electrons. The number of hydrogen-bond acceptors (Lipinski definition) is 3. The van der Waals surface area contributed by atoms with Gasteiger partial charge in [-0.2, -0.15) is 0 Å². The van der Waals surface area contributed by atoms with Crippen LogP contribution < -0.4 is 0 Å². The van der Waals surface area contributed by atoms with Crippen LogP contribution in [0.4, 0.5) is 0 Å². The van der Waals surface area contributed by atoms with E-state index in [1.54, 1.807) is 26.0 Å². The van der Waals surface area contributed by atoms with Crippen LogP contribution in [0.5, 0.6) is 0 Å². The normalized spacial score (nSPS) is 10.4. The van der Waals surface area contributed by atoms with Gasteiger partial charge in [0.1, 0.15) is 0 Å². The van der Waals surface area contributed by atoms with E-state index in [1.807, 2.05) is 0 Å². The number of Topliss-reactive ketones (excluding diaryl/α,β-unsaturated/α-hetero) is 3. The largest absolute Gasteiger partial charge is 0.295 e. The van der Waals surface area contributed by atoms with E-state index in [1.165, 1.54) is 19.9 Å². The van der Waals surface area contributed by atoms with Crippen LogP contribution in [-0.4, -0.2) is 17.3 Å². The van der Waals surface area contributed by atoms with E-state index in [2.05, 4.69) is 0 Å². The second-order valence-electron chi connectivity index (χ2n) is 4.43. The van der Waals surface area contributed by atoms with Gasteiger partial charge in [-0.05, 0) is 32.0 Å². The van der Waals surface area contributed by atoms with Gasteiger partial charge in [0.25, 0.3) is 0 Å². The highest BCUT2D eigenvalue weighted by Crippen LogP contribution is 2.15. The van der Waals surface area contributed by atoms with Crippen molar-refractivity contribution in [1.82, 2.24) is 0 Å². The molecule has 3 heteroatoms. The summed E-state index contributed by atoms with van der Waals surface area (Å²) in [6.45, 7) is 6.41. The molecule has 3 nitrogen and oxygen atoms in total. The lowest BCUT2D eigenvalue weighted by Crippen LogP contribution is -2.10. The van der Waals surface area contributed by atoms with Crippen LogP contribution in [0.2, 0.25) is 0 Å². The quantitative estimate of drug-likeness (QED) is 0.750. The molecule has 0 fully saturated rings. The molecule has 0 amide bonds. The molecule has 0 heterocycles. The summed E-state index contributed by atoms with van der Waals surface area (Å²) in [7, 11) is 0. The Labute approximate surface area is 101 Å². The van der Waals surface area contributed by atoms with Crippen LogP contribution in [0.3, 0.4) is 0 Å². The second kappa shape index (κ2) is 5.04. The van der Waals surface area contributed by atoms with Crippen LogP contribution in [0.1, 0.15) is 58.8 Å². The highest BCUT2D eigenvalue weighted by molar-refractivity contribution is 6.05. The summed E-state index contributed by atoms with van der Waals surface area (Å²) < 4.78 is 0. The Morgan fingerprint density at radius 1 is 0.824 bits per heavy atom.